The average molecular weight is 354 g/mol. The van der Waals surface area contributed by atoms with E-state index in [9.17, 15) is 14.9 Å². The van der Waals surface area contributed by atoms with Gasteiger partial charge in [0.2, 0.25) is 0 Å². The van der Waals surface area contributed by atoms with Gasteiger partial charge in [-0.15, -0.1) is 0 Å². The highest BCUT2D eigenvalue weighted by molar-refractivity contribution is 6.33. The Kier molecular flexibility index (Phi) is 6.99. The second kappa shape index (κ2) is 8.99. The normalized spacial score (nSPS) is 18.3. The van der Waals surface area contributed by atoms with Gasteiger partial charge in [0, 0.05) is 31.3 Å². The van der Waals surface area contributed by atoms with Crippen LogP contribution in [0.4, 0.5) is 5.69 Å². The molecule has 6 nitrogen and oxygen atoms in total. The lowest BCUT2D eigenvalue weighted by Gasteiger charge is -2.35. The highest BCUT2D eigenvalue weighted by Gasteiger charge is 2.20. The molecule has 1 aliphatic heterocycles. The van der Waals surface area contributed by atoms with E-state index in [4.69, 9.17) is 11.6 Å². The van der Waals surface area contributed by atoms with Crippen molar-refractivity contribution in [2.24, 2.45) is 0 Å². The minimum atomic E-state index is -0.533. The Morgan fingerprint density at radius 1 is 1.46 bits per heavy atom. The van der Waals surface area contributed by atoms with Crippen LogP contribution in [0.25, 0.3) is 0 Å². The number of halogens is 1. The van der Waals surface area contributed by atoms with Crippen LogP contribution in [0.15, 0.2) is 18.2 Å². The van der Waals surface area contributed by atoms with Crippen molar-refractivity contribution < 1.29 is 9.72 Å². The molecule has 132 valence electrons. The number of nitro groups is 1. The number of carbonyl (C=O) groups is 1. The van der Waals surface area contributed by atoms with Crippen LogP contribution in [0.5, 0.6) is 0 Å². The molecular formula is C17H24ClN3O3. The zero-order valence-corrected chi connectivity index (χ0v) is 14.7. The zero-order chi connectivity index (χ0) is 17.5. The topological polar surface area (TPSA) is 75.5 Å². The third-order valence-corrected chi connectivity index (χ3v) is 4.86. The Balaban J connectivity index is 1.83. The van der Waals surface area contributed by atoms with Gasteiger partial charge in [-0.25, -0.2) is 0 Å². The predicted octanol–water partition coefficient (Wildman–Crippen LogP) is 3.63. The molecule has 0 radical (unpaired) electrons. The molecule has 0 saturated carbocycles. The first-order valence-electron chi connectivity index (χ1n) is 8.49. The van der Waals surface area contributed by atoms with E-state index in [-0.39, 0.29) is 22.2 Å². The van der Waals surface area contributed by atoms with Crippen LogP contribution in [0.2, 0.25) is 5.02 Å². The first-order chi connectivity index (χ1) is 11.5. The SMILES string of the molecule is CC[C@H]1CCCCN1CCCNC(=O)c1cc([N+](=O)[O-])ccc1Cl. The molecule has 0 spiro atoms. The molecule has 2 rings (SSSR count). The maximum Gasteiger partial charge on any atom is 0.270 e. The molecule has 0 aliphatic carbocycles. The molecule has 1 aromatic carbocycles. The summed E-state index contributed by atoms with van der Waals surface area (Å²) in [6, 6.07) is 4.55. The molecule has 1 amide bonds. The second-order valence-corrected chi connectivity index (χ2v) is 6.53. The molecule has 1 atom stereocenters. The number of benzene rings is 1. The number of carbonyl (C=O) groups excluding carboxylic acids is 1. The van der Waals surface area contributed by atoms with Crippen molar-refractivity contribution in [3.8, 4) is 0 Å². The fourth-order valence-electron chi connectivity index (χ4n) is 3.20. The molecule has 1 fully saturated rings. The van der Waals surface area contributed by atoms with Crippen molar-refractivity contribution in [2.45, 2.75) is 45.1 Å². The molecule has 1 aliphatic rings. The fourth-order valence-corrected chi connectivity index (χ4v) is 3.40. The van der Waals surface area contributed by atoms with E-state index in [1.165, 1.54) is 37.5 Å². The largest absolute Gasteiger partial charge is 0.352 e. The van der Waals surface area contributed by atoms with Crippen molar-refractivity contribution >= 4 is 23.2 Å². The Morgan fingerprint density at radius 2 is 2.25 bits per heavy atom. The summed E-state index contributed by atoms with van der Waals surface area (Å²) >= 11 is 5.98. The summed E-state index contributed by atoms with van der Waals surface area (Å²) in [6.45, 7) is 4.84. The smallest absolute Gasteiger partial charge is 0.270 e. The Morgan fingerprint density at radius 3 is 2.96 bits per heavy atom. The quantitative estimate of drug-likeness (QED) is 0.461. The van der Waals surface area contributed by atoms with E-state index < -0.39 is 4.92 Å². The number of piperidine rings is 1. The van der Waals surface area contributed by atoms with E-state index in [1.807, 2.05) is 0 Å². The number of amides is 1. The summed E-state index contributed by atoms with van der Waals surface area (Å²) in [5, 5.41) is 13.8. The van der Waals surface area contributed by atoms with Gasteiger partial charge in [0.05, 0.1) is 15.5 Å². The van der Waals surface area contributed by atoms with Crippen LogP contribution in [0.1, 0.15) is 49.4 Å². The number of nitrogens with zero attached hydrogens (tertiary/aromatic N) is 2. The molecule has 1 aromatic rings. The van der Waals surface area contributed by atoms with Gasteiger partial charge in [0.15, 0.2) is 0 Å². The number of non-ortho nitro benzene ring substituents is 1. The second-order valence-electron chi connectivity index (χ2n) is 6.12. The third kappa shape index (κ3) is 4.92. The van der Waals surface area contributed by atoms with Crippen LogP contribution in [-0.4, -0.2) is 41.4 Å². The van der Waals surface area contributed by atoms with Gasteiger partial charge in [0.1, 0.15) is 0 Å². The third-order valence-electron chi connectivity index (χ3n) is 4.53. The highest BCUT2D eigenvalue weighted by Crippen LogP contribution is 2.22. The summed E-state index contributed by atoms with van der Waals surface area (Å²) in [6.07, 6.45) is 5.82. The van der Waals surface area contributed by atoms with Gasteiger partial charge >= 0.3 is 0 Å². The van der Waals surface area contributed by atoms with Crippen molar-refractivity contribution in [3.05, 3.63) is 38.9 Å². The van der Waals surface area contributed by atoms with Crippen LogP contribution >= 0.6 is 11.6 Å². The highest BCUT2D eigenvalue weighted by atomic mass is 35.5. The first-order valence-corrected chi connectivity index (χ1v) is 8.87. The number of likely N-dealkylation sites (tertiary alicyclic amines) is 1. The molecule has 0 unspecified atom stereocenters. The van der Waals surface area contributed by atoms with Gasteiger partial charge < -0.3 is 10.2 Å². The summed E-state index contributed by atoms with van der Waals surface area (Å²) < 4.78 is 0. The van der Waals surface area contributed by atoms with Gasteiger partial charge in [-0.2, -0.15) is 0 Å². The number of nitrogens with one attached hydrogen (secondary N) is 1. The number of nitro benzene ring substituents is 1. The van der Waals surface area contributed by atoms with E-state index in [2.05, 4.69) is 17.1 Å². The molecule has 0 bridgehead atoms. The van der Waals surface area contributed by atoms with E-state index in [1.54, 1.807) is 0 Å². The van der Waals surface area contributed by atoms with Gasteiger partial charge in [0.25, 0.3) is 11.6 Å². The van der Waals surface area contributed by atoms with Crippen LogP contribution in [0, 0.1) is 10.1 Å². The van der Waals surface area contributed by atoms with E-state index >= 15 is 0 Å². The maximum atomic E-state index is 12.2. The predicted molar refractivity (Wildman–Crippen MR) is 94.6 cm³/mol. The van der Waals surface area contributed by atoms with Crippen LogP contribution < -0.4 is 5.32 Å². The lowest BCUT2D eigenvalue weighted by atomic mass is 10.00. The zero-order valence-electron chi connectivity index (χ0n) is 14.0. The molecular weight excluding hydrogens is 330 g/mol. The van der Waals surface area contributed by atoms with Gasteiger partial charge in [-0.1, -0.05) is 24.9 Å². The molecule has 1 saturated heterocycles. The molecule has 0 aromatic heterocycles. The summed E-state index contributed by atoms with van der Waals surface area (Å²) in [5.74, 6) is -0.366. The standard InChI is InChI=1S/C17H24ClN3O3/c1-2-13-6-3-4-10-20(13)11-5-9-19-17(22)15-12-14(21(23)24)7-8-16(15)18/h7-8,12-13H,2-6,9-11H2,1H3,(H,19,22)/t13-/m0/s1. The fraction of sp³-hybridized carbons (Fsp3) is 0.588. The number of hydrogen-bond acceptors (Lipinski definition) is 4. The summed E-state index contributed by atoms with van der Waals surface area (Å²) in [7, 11) is 0. The average Bonchev–Trinajstić information content (AvgIpc) is 2.59. The lowest BCUT2D eigenvalue weighted by Crippen LogP contribution is -2.40. The van der Waals surface area contributed by atoms with Crippen LogP contribution in [-0.2, 0) is 0 Å². The Hall–Kier alpha value is -1.66. The van der Waals surface area contributed by atoms with E-state index in [0.29, 0.717) is 12.6 Å². The van der Waals surface area contributed by atoms with Gasteiger partial charge in [-0.05, 0) is 38.3 Å². The Labute approximate surface area is 147 Å². The van der Waals surface area contributed by atoms with Crippen molar-refractivity contribution in [2.75, 3.05) is 19.6 Å². The van der Waals surface area contributed by atoms with Crippen molar-refractivity contribution in [1.82, 2.24) is 10.2 Å². The summed E-state index contributed by atoms with van der Waals surface area (Å²) in [5.41, 5.74) is 0.0129. The number of rotatable bonds is 7. The van der Waals surface area contributed by atoms with Gasteiger partial charge in [-0.3, -0.25) is 14.9 Å². The molecule has 1 heterocycles. The number of hydrogen-bond donors (Lipinski definition) is 1. The van der Waals surface area contributed by atoms with Crippen molar-refractivity contribution in [3.63, 3.8) is 0 Å². The molecule has 24 heavy (non-hydrogen) atoms. The molecule has 7 heteroatoms. The van der Waals surface area contributed by atoms with Crippen molar-refractivity contribution in [1.29, 1.82) is 0 Å². The minimum absolute atomic E-state index is 0.136. The molecule has 1 N–H and O–H groups in total. The first kappa shape index (κ1) is 18.7. The monoisotopic (exact) mass is 353 g/mol. The lowest BCUT2D eigenvalue weighted by molar-refractivity contribution is -0.384. The maximum absolute atomic E-state index is 12.2. The Bertz CT molecular complexity index is 594. The summed E-state index contributed by atoms with van der Waals surface area (Å²) in [4.78, 5) is 24.9. The minimum Gasteiger partial charge on any atom is -0.352 e. The van der Waals surface area contributed by atoms with E-state index in [0.717, 1.165) is 25.9 Å². The van der Waals surface area contributed by atoms with Crippen LogP contribution in [0.3, 0.4) is 0 Å².